The molecule has 2 fully saturated rings. The summed E-state index contributed by atoms with van der Waals surface area (Å²) in [6, 6.07) is 13.4. The molecular formula is C30H35ClN8O3. The maximum atomic E-state index is 13.0. The van der Waals surface area contributed by atoms with Gasteiger partial charge in [0.1, 0.15) is 12.4 Å². The Morgan fingerprint density at radius 2 is 1.95 bits per heavy atom. The van der Waals surface area contributed by atoms with Gasteiger partial charge in [-0.2, -0.15) is 0 Å². The lowest BCUT2D eigenvalue weighted by atomic mass is 10.1. The number of ether oxygens (including phenoxy) is 2. The van der Waals surface area contributed by atoms with Gasteiger partial charge in [-0.05, 0) is 69.0 Å². The zero-order chi connectivity index (χ0) is 29.1. The molecule has 2 saturated heterocycles. The summed E-state index contributed by atoms with van der Waals surface area (Å²) in [6.45, 7) is 8.74. The van der Waals surface area contributed by atoms with Crippen LogP contribution in [0.4, 0.5) is 5.69 Å². The third kappa shape index (κ3) is 6.05. The van der Waals surface area contributed by atoms with Gasteiger partial charge >= 0.3 is 0 Å². The minimum atomic E-state index is -0.558. The van der Waals surface area contributed by atoms with Gasteiger partial charge in [-0.1, -0.05) is 21.9 Å². The van der Waals surface area contributed by atoms with Crippen molar-refractivity contribution in [3.63, 3.8) is 0 Å². The van der Waals surface area contributed by atoms with Crippen molar-refractivity contribution in [2.75, 3.05) is 77.6 Å². The number of anilines is 1. The van der Waals surface area contributed by atoms with Crippen molar-refractivity contribution >= 4 is 45.1 Å². The molecule has 2 aromatic heterocycles. The fraction of sp³-hybridized carbons (Fsp3) is 0.400. The van der Waals surface area contributed by atoms with Crippen molar-refractivity contribution in [2.24, 2.45) is 16.2 Å². The molecule has 12 heteroatoms. The van der Waals surface area contributed by atoms with Gasteiger partial charge in [0.05, 0.1) is 46.0 Å². The first-order valence-electron chi connectivity index (χ1n) is 14.3. The number of H-pyrrole nitrogens is 1. The lowest BCUT2D eigenvalue weighted by molar-refractivity contribution is 0.0995. The van der Waals surface area contributed by atoms with Gasteiger partial charge in [0.15, 0.2) is 0 Å². The van der Waals surface area contributed by atoms with Crippen molar-refractivity contribution < 1.29 is 14.3 Å². The largest absolute Gasteiger partial charge is 0.491 e. The van der Waals surface area contributed by atoms with Crippen LogP contribution in [-0.2, 0) is 4.74 Å². The molecule has 42 heavy (non-hydrogen) atoms. The summed E-state index contributed by atoms with van der Waals surface area (Å²) in [5.41, 5.74) is 4.85. The van der Waals surface area contributed by atoms with Gasteiger partial charge in [-0.15, -0.1) is 0 Å². The lowest BCUT2D eigenvalue weighted by Crippen LogP contribution is -2.36. The molecule has 0 aliphatic carbocycles. The van der Waals surface area contributed by atoms with Crippen molar-refractivity contribution in [1.82, 2.24) is 19.8 Å². The van der Waals surface area contributed by atoms with Gasteiger partial charge in [0, 0.05) is 49.4 Å². The number of nitrogens with zero attached hydrogens (tertiary/aromatic N) is 6. The fourth-order valence-corrected chi connectivity index (χ4v) is 5.91. The smallest absolute Gasteiger partial charge is 0.299 e. The molecule has 11 nitrogen and oxygen atoms in total. The number of carbonyl (C=O) groups is 1. The monoisotopic (exact) mass is 590 g/mol. The number of fused-ring (bicyclic) bond motifs is 3. The number of nitrogens with two attached hydrogens (primary N) is 1. The molecule has 2 aliphatic heterocycles. The second kappa shape index (κ2) is 12.6. The fourth-order valence-electron chi connectivity index (χ4n) is 5.67. The molecule has 220 valence electrons. The molecule has 0 spiro atoms. The van der Waals surface area contributed by atoms with E-state index in [2.05, 4.69) is 49.2 Å². The van der Waals surface area contributed by atoms with E-state index in [0.717, 1.165) is 74.4 Å². The lowest BCUT2D eigenvalue weighted by Gasteiger charge is -2.28. The number of carbonyl (C=O) groups excluding carboxylic acids is 1. The van der Waals surface area contributed by atoms with Crippen LogP contribution >= 0.6 is 11.6 Å². The number of aromatic amines is 1. The zero-order valence-electron chi connectivity index (χ0n) is 23.7. The highest BCUT2D eigenvalue weighted by Gasteiger charge is 2.20. The number of halogens is 1. The van der Waals surface area contributed by atoms with E-state index < -0.39 is 5.91 Å². The van der Waals surface area contributed by atoms with E-state index in [4.69, 9.17) is 31.9 Å². The molecule has 0 unspecified atom stereocenters. The molecule has 0 bridgehead atoms. The van der Waals surface area contributed by atoms with Gasteiger partial charge in [-0.25, -0.2) is 4.98 Å². The van der Waals surface area contributed by atoms with Gasteiger partial charge in [-0.3, -0.25) is 9.69 Å². The van der Waals surface area contributed by atoms with Crippen LogP contribution in [-0.4, -0.2) is 98.4 Å². The van der Waals surface area contributed by atoms with Crippen LogP contribution < -0.4 is 15.5 Å². The van der Waals surface area contributed by atoms with Crippen LogP contribution in [0.25, 0.3) is 33.2 Å². The summed E-state index contributed by atoms with van der Waals surface area (Å²) in [5, 5.41) is 8.20. The van der Waals surface area contributed by atoms with E-state index >= 15 is 0 Å². The van der Waals surface area contributed by atoms with Crippen LogP contribution in [0.1, 0.15) is 16.8 Å². The number of nitrogens with one attached hydrogen (secondary N) is 1. The summed E-state index contributed by atoms with van der Waals surface area (Å²) in [5.74, 6) is 5.29. The Hall–Kier alpha value is -3.77. The van der Waals surface area contributed by atoms with E-state index in [9.17, 15) is 4.79 Å². The van der Waals surface area contributed by atoms with Crippen LogP contribution in [0.15, 0.2) is 52.8 Å². The Kier molecular flexibility index (Phi) is 8.52. The Labute approximate surface area is 249 Å². The molecule has 4 heterocycles. The normalized spacial score (nSPS) is 17.3. The summed E-state index contributed by atoms with van der Waals surface area (Å²) in [4.78, 5) is 28.4. The van der Waals surface area contributed by atoms with Crippen molar-refractivity contribution in [1.29, 1.82) is 0 Å². The average Bonchev–Trinajstić information content (AvgIpc) is 3.25. The maximum Gasteiger partial charge on any atom is 0.299 e. The number of morpholine rings is 1. The minimum absolute atomic E-state index is 0.327. The van der Waals surface area contributed by atoms with Crippen molar-refractivity contribution in [2.45, 2.75) is 6.42 Å². The van der Waals surface area contributed by atoms with Gasteiger partial charge in [0.2, 0.25) is 0 Å². The number of pyridine rings is 1. The zero-order valence-corrected chi connectivity index (χ0v) is 24.4. The molecule has 0 radical (unpaired) electrons. The predicted molar refractivity (Wildman–Crippen MR) is 165 cm³/mol. The molecule has 2 aromatic carbocycles. The number of rotatable bonds is 7. The molecule has 4 aromatic rings. The molecule has 1 amide bonds. The van der Waals surface area contributed by atoms with Gasteiger partial charge < -0.3 is 30.1 Å². The minimum Gasteiger partial charge on any atom is -0.491 e. The Morgan fingerprint density at radius 1 is 1.10 bits per heavy atom. The number of likely N-dealkylation sites (N-methyl/N-ethyl adjacent to an activating group) is 1. The number of aromatic nitrogens is 2. The summed E-state index contributed by atoms with van der Waals surface area (Å²) >= 11 is 6.67. The number of amides is 1. The van der Waals surface area contributed by atoms with E-state index in [-0.39, 0.29) is 0 Å². The molecule has 3 N–H and O–H groups in total. The van der Waals surface area contributed by atoms with Crippen LogP contribution in [0.2, 0.25) is 5.02 Å². The topological polar surface area (TPSA) is 125 Å². The van der Waals surface area contributed by atoms with E-state index in [1.54, 1.807) is 6.07 Å². The Morgan fingerprint density at radius 3 is 2.76 bits per heavy atom. The number of hydrogen-bond acceptors (Lipinski definition) is 8. The molecule has 0 saturated carbocycles. The molecule has 2 aliphatic rings. The standard InChI is InChI=1S/C30H35ClN8O3/c1-37-7-2-8-38(10-9-37)11-16-42-27-6-3-20(17-24(27)31)25-19-23(30(40)35-36-32)29-28(33-25)22-5-4-21(18-26(22)34-29)39-12-14-41-15-13-39/h3-6,17-19,34H,2,7-16H2,1H3,(H2,32,35,40). The van der Waals surface area contributed by atoms with Gasteiger partial charge in [0.25, 0.3) is 5.91 Å². The Bertz CT molecular complexity index is 1620. The highest BCUT2D eigenvalue weighted by atomic mass is 35.5. The maximum absolute atomic E-state index is 13.0. The first-order valence-corrected chi connectivity index (χ1v) is 14.7. The number of benzene rings is 2. The van der Waals surface area contributed by atoms with Crippen LogP contribution in [0.5, 0.6) is 5.75 Å². The van der Waals surface area contributed by atoms with Crippen molar-refractivity contribution in [3.8, 4) is 17.0 Å². The predicted octanol–water partition coefficient (Wildman–Crippen LogP) is 4.36. The highest BCUT2D eigenvalue weighted by Crippen LogP contribution is 2.35. The highest BCUT2D eigenvalue weighted by molar-refractivity contribution is 6.32. The van der Waals surface area contributed by atoms with Crippen LogP contribution in [0, 0.1) is 0 Å². The third-order valence-corrected chi connectivity index (χ3v) is 8.29. The number of hydrogen-bond donors (Lipinski definition) is 2. The summed E-state index contributed by atoms with van der Waals surface area (Å²) in [7, 11) is 2.16. The second-order valence-corrected chi connectivity index (χ2v) is 11.2. The summed E-state index contributed by atoms with van der Waals surface area (Å²) < 4.78 is 11.5. The SMILES string of the molecule is CN1CCCN(CCOc2ccc(-c3cc(C(=O)N=NN)c4[nH]c5cc(N6CCOCC6)ccc5c4n3)cc2Cl)CC1. The molecular weight excluding hydrogens is 556 g/mol. The first kappa shape index (κ1) is 28.4. The van der Waals surface area contributed by atoms with E-state index in [0.29, 0.717) is 52.9 Å². The van der Waals surface area contributed by atoms with Crippen molar-refractivity contribution in [3.05, 3.63) is 53.1 Å². The first-order chi connectivity index (χ1) is 20.5. The molecule has 6 rings (SSSR count). The average molecular weight is 591 g/mol. The van der Waals surface area contributed by atoms with E-state index in [1.165, 1.54) is 0 Å². The van der Waals surface area contributed by atoms with E-state index in [1.807, 2.05) is 24.3 Å². The third-order valence-electron chi connectivity index (χ3n) is 8.00. The van der Waals surface area contributed by atoms with Crippen LogP contribution in [0.3, 0.4) is 0 Å². The Balaban J connectivity index is 1.28. The second-order valence-electron chi connectivity index (χ2n) is 10.7. The quantitative estimate of drug-likeness (QED) is 0.185. The summed E-state index contributed by atoms with van der Waals surface area (Å²) in [6.07, 6.45) is 1.16. The molecule has 0 atom stereocenters.